The highest BCUT2D eigenvalue weighted by Crippen LogP contribution is 2.32. The van der Waals surface area contributed by atoms with E-state index >= 15 is 0 Å². The van der Waals surface area contributed by atoms with Crippen molar-refractivity contribution in [3.8, 4) is 11.5 Å². The minimum absolute atomic E-state index is 0.0387. The van der Waals surface area contributed by atoms with E-state index in [1.807, 2.05) is 0 Å². The zero-order valence-corrected chi connectivity index (χ0v) is 15.3. The number of halogens is 4. The van der Waals surface area contributed by atoms with Gasteiger partial charge in [-0.1, -0.05) is 17.7 Å². The molecule has 3 rings (SSSR count). The number of ether oxygens (including phenoxy) is 2. The molecule has 0 bridgehead atoms. The van der Waals surface area contributed by atoms with Crippen LogP contribution >= 0.6 is 11.6 Å². The predicted molar refractivity (Wildman–Crippen MR) is 96.8 cm³/mol. The molecule has 1 heterocycles. The fourth-order valence-corrected chi connectivity index (χ4v) is 3.08. The third kappa shape index (κ3) is 4.33. The molecular weight excluding hydrogens is 399 g/mol. The summed E-state index contributed by atoms with van der Waals surface area (Å²) in [4.78, 5) is 12.3. The molecule has 148 valence electrons. The molecule has 0 unspecified atom stereocenters. The quantitative estimate of drug-likeness (QED) is 0.589. The molecule has 1 N–H and O–H groups in total. The van der Waals surface area contributed by atoms with Crippen molar-refractivity contribution < 1.29 is 32.5 Å². The van der Waals surface area contributed by atoms with Crippen molar-refractivity contribution in [1.82, 2.24) is 4.57 Å². The van der Waals surface area contributed by atoms with Crippen LogP contribution in [-0.4, -0.2) is 28.6 Å². The monoisotopic (exact) mass is 413 g/mol. The summed E-state index contributed by atoms with van der Waals surface area (Å²) in [5.41, 5.74) is 1.44. The van der Waals surface area contributed by atoms with Crippen LogP contribution in [0.5, 0.6) is 11.5 Å². The number of aromatic hydroxyl groups is 1. The summed E-state index contributed by atoms with van der Waals surface area (Å²) in [6, 6.07) is 10.1. The van der Waals surface area contributed by atoms with E-state index in [1.165, 1.54) is 24.3 Å². The molecule has 28 heavy (non-hydrogen) atoms. The van der Waals surface area contributed by atoms with E-state index in [-0.39, 0.29) is 29.6 Å². The lowest BCUT2D eigenvalue weighted by Gasteiger charge is -2.13. The van der Waals surface area contributed by atoms with Gasteiger partial charge in [0.05, 0.1) is 11.6 Å². The number of phenolic OH excluding ortho intramolecular Hbond substituents is 1. The molecule has 2 aromatic carbocycles. The standard InChI is InChI=1S/C19H15ClF3NO4/c1-2-27-18(26)16-9-12-8-13(25)4-5-15(12)24(16)10-11-3-6-17(14(20)7-11)28-19(21,22)23/h3-9,25H,2,10H2,1H3. The summed E-state index contributed by atoms with van der Waals surface area (Å²) in [6.07, 6.45) is -4.85. The molecular formula is C19H15ClF3NO4. The molecule has 0 amide bonds. The molecule has 0 aliphatic rings. The van der Waals surface area contributed by atoms with E-state index in [0.29, 0.717) is 16.5 Å². The molecule has 1 aromatic heterocycles. The van der Waals surface area contributed by atoms with Crippen molar-refractivity contribution in [1.29, 1.82) is 0 Å². The molecule has 0 saturated carbocycles. The molecule has 0 atom stereocenters. The number of phenols is 1. The number of alkyl halides is 3. The van der Waals surface area contributed by atoms with Gasteiger partial charge in [-0.3, -0.25) is 0 Å². The summed E-state index contributed by atoms with van der Waals surface area (Å²) in [7, 11) is 0. The largest absolute Gasteiger partial charge is 0.573 e. The third-order valence-corrected chi connectivity index (χ3v) is 4.23. The maximum atomic E-state index is 12.4. The fourth-order valence-electron chi connectivity index (χ4n) is 2.84. The van der Waals surface area contributed by atoms with Crippen LogP contribution in [0.4, 0.5) is 13.2 Å². The number of fused-ring (bicyclic) bond motifs is 1. The van der Waals surface area contributed by atoms with Crippen LogP contribution in [0.1, 0.15) is 23.0 Å². The molecule has 3 aromatic rings. The maximum absolute atomic E-state index is 12.4. The summed E-state index contributed by atoms with van der Waals surface area (Å²) >= 11 is 5.91. The molecule has 0 aliphatic carbocycles. The van der Waals surface area contributed by atoms with Crippen molar-refractivity contribution in [2.75, 3.05) is 6.61 Å². The second kappa shape index (κ2) is 7.63. The summed E-state index contributed by atoms with van der Waals surface area (Å²) in [5.74, 6) is -1.02. The molecule has 0 radical (unpaired) electrons. The number of hydrogen-bond donors (Lipinski definition) is 1. The van der Waals surface area contributed by atoms with Gasteiger partial charge < -0.3 is 19.1 Å². The zero-order chi connectivity index (χ0) is 20.5. The van der Waals surface area contributed by atoms with E-state index in [2.05, 4.69) is 4.74 Å². The van der Waals surface area contributed by atoms with Gasteiger partial charge in [-0.2, -0.15) is 0 Å². The first-order chi connectivity index (χ1) is 13.2. The maximum Gasteiger partial charge on any atom is 0.573 e. The number of esters is 1. The molecule has 0 fully saturated rings. The summed E-state index contributed by atoms with van der Waals surface area (Å²) in [6.45, 7) is 2.01. The normalized spacial score (nSPS) is 11.6. The second-order valence-corrected chi connectivity index (χ2v) is 6.30. The number of nitrogens with zero attached hydrogens (tertiary/aromatic N) is 1. The van der Waals surface area contributed by atoms with Gasteiger partial charge in [0.15, 0.2) is 0 Å². The van der Waals surface area contributed by atoms with Gasteiger partial charge >= 0.3 is 12.3 Å². The van der Waals surface area contributed by atoms with E-state index in [0.717, 1.165) is 6.07 Å². The number of hydrogen-bond acceptors (Lipinski definition) is 4. The van der Waals surface area contributed by atoms with Gasteiger partial charge in [0, 0.05) is 17.4 Å². The Morgan fingerprint density at radius 3 is 2.57 bits per heavy atom. The Balaban J connectivity index is 2.00. The van der Waals surface area contributed by atoms with Gasteiger partial charge in [-0.15, -0.1) is 13.2 Å². The van der Waals surface area contributed by atoms with Crippen molar-refractivity contribution in [3.63, 3.8) is 0 Å². The minimum atomic E-state index is -4.85. The first-order valence-corrected chi connectivity index (χ1v) is 8.59. The average Bonchev–Trinajstić information content (AvgIpc) is 2.94. The number of aromatic nitrogens is 1. The van der Waals surface area contributed by atoms with Crippen LogP contribution in [0.15, 0.2) is 42.5 Å². The highest BCUT2D eigenvalue weighted by atomic mass is 35.5. The summed E-state index contributed by atoms with van der Waals surface area (Å²) < 4.78 is 47.7. The Morgan fingerprint density at radius 2 is 1.93 bits per heavy atom. The first kappa shape index (κ1) is 19.9. The lowest BCUT2D eigenvalue weighted by atomic mass is 10.2. The molecule has 0 saturated heterocycles. The number of carbonyl (C=O) groups is 1. The SMILES string of the molecule is CCOC(=O)c1cc2cc(O)ccc2n1Cc1ccc(OC(F)(F)F)c(Cl)c1. The van der Waals surface area contributed by atoms with E-state index < -0.39 is 18.1 Å². The highest BCUT2D eigenvalue weighted by molar-refractivity contribution is 6.32. The number of carbonyl (C=O) groups excluding carboxylic acids is 1. The van der Waals surface area contributed by atoms with Crippen LogP contribution in [-0.2, 0) is 11.3 Å². The second-order valence-electron chi connectivity index (χ2n) is 5.89. The fraction of sp³-hybridized carbons (Fsp3) is 0.211. The van der Waals surface area contributed by atoms with Crippen molar-refractivity contribution in [3.05, 3.63) is 58.7 Å². The Morgan fingerprint density at radius 1 is 1.18 bits per heavy atom. The molecule has 5 nitrogen and oxygen atoms in total. The van der Waals surface area contributed by atoms with Gasteiger partial charge in [0.1, 0.15) is 17.2 Å². The Kier molecular flexibility index (Phi) is 5.42. The Hall–Kier alpha value is -2.87. The number of rotatable bonds is 5. The summed E-state index contributed by atoms with van der Waals surface area (Å²) in [5, 5.41) is 10.1. The van der Waals surface area contributed by atoms with E-state index in [9.17, 15) is 23.1 Å². The minimum Gasteiger partial charge on any atom is -0.508 e. The Bertz CT molecular complexity index is 1030. The smallest absolute Gasteiger partial charge is 0.508 e. The zero-order valence-electron chi connectivity index (χ0n) is 14.6. The van der Waals surface area contributed by atoms with Gasteiger partial charge in [0.2, 0.25) is 0 Å². The number of benzene rings is 2. The molecule has 0 aliphatic heterocycles. The van der Waals surface area contributed by atoms with Crippen LogP contribution in [0.3, 0.4) is 0 Å². The van der Waals surface area contributed by atoms with Gasteiger partial charge in [-0.05, 0) is 48.9 Å². The van der Waals surface area contributed by atoms with E-state index in [1.54, 1.807) is 23.6 Å². The van der Waals surface area contributed by atoms with Crippen LogP contribution in [0.2, 0.25) is 5.02 Å². The van der Waals surface area contributed by atoms with Gasteiger partial charge in [0.25, 0.3) is 0 Å². The molecule has 0 spiro atoms. The van der Waals surface area contributed by atoms with Crippen molar-refractivity contribution in [2.45, 2.75) is 19.8 Å². The van der Waals surface area contributed by atoms with Gasteiger partial charge in [-0.25, -0.2) is 4.79 Å². The van der Waals surface area contributed by atoms with Crippen LogP contribution in [0.25, 0.3) is 10.9 Å². The predicted octanol–water partition coefficient (Wildman–Crippen LogP) is 5.12. The van der Waals surface area contributed by atoms with Crippen molar-refractivity contribution in [2.24, 2.45) is 0 Å². The Labute approximate surface area is 162 Å². The molecule has 9 heteroatoms. The van der Waals surface area contributed by atoms with E-state index in [4.69, 9.17) is 16.3 Å². The third-order valence-electron chi connectivity index (χ3n) is 3.93. The average molecular weight is 414 g/mol. The lowest BCUT2D eigenvalue weighted by molar-refractivity contribution is -0.274. The van der Waals surface area contributed by atoms with Crippen LogP contribution < -0.4 is 4.74 Å². The van der Waals surface area contributed by atoms with Crippen LogP contribution in [0, 0.1) is 0 Å². The lowest BCUT2D eigenvalue weighted by Crippen LogP contribution is -2.17. The first-order valence-electron chi connectivity index (χ1n) is 8.21. The van der Waals surface area contributed by atoms with Crippen molar-refractivity contribution >= 4 is 28.5 Å². The highest BCUT2D eigenvalue weighted by Gasteiger charge is 2.32. The topological polar surface area (TPSA) is 60.7 Å².